The molecular formula is C14H9ClF3NO2. The molecule has 0 fully saturated rings. The smallest absolute Gasteiger partial charge is 0.410 e. The molecule has 1 N–H and O–H groups in total. The SMILES string of the molecule is O=C(Nc1ccc(Cl)cc1C(F)(F)F)Oc1ccccc1. The maximum Gasteiger partial charge on any atom is 0.418 e. The van der Waals surface area contributed by atoms with Gasteiger partial charge in [-0.3, -0.25) is 5.32 Å². The van der Waals surface area contributed by atoms with Crippen LogP contribution in [0.1, 0.15) is 5.56 Å². The third-order valence-electron chi connectivity index (χ3n) is 2.48. The lowest BCUT2D eigenvalue weighted by atomic mass is 10.1. The number of nitrogens with one attached hydrogen (secondary N) is 1. The Bertz CT molecular complexity index is 644. The summed E-state index contributed by atoms with van der Waals surface area (Å²) in [6, 6.07) is 11.0. The molecule has 0 aliphatic heterocycles. The first-order valence-corrected chi connectivity index (χ1v) is 6.14. The van der Waals surface area contributed by atoms with Crippen molar-refractivity contribution in [3.05, 3.63) is 59.1 Å². The second-order valence-corrected chi connectivity index (χ2v) is 4.45. The molecule has 0 heterocycles. The van der Waals surface area contributed by atoms with Gasteiger partial charge in [0.2, 0.25) is 0 Å². The Balaban J connectivity index is 2.18. The Morgan fingerprint density at radius 3 is 2.38 bits per heavy atom. The van der Waals surface area contributed by atoms with Gasteiger partial charge in [0, 0.05) is 5.02 Å². The number of para-hydroxylation sites is 1. The van der Waals surface area contributed by atoms with Crippen molar-refractivity contribution in [3.8, 4) is 5.75 Å². The molecule has 0 radical (unpaired) electrons. The summed E-state index contributed by atoms with van der Waals surface area (Å²) >= 11 is 5.55. The van der Waals surface area contributed by atoms with Gasteiger partial charge in [-0.05, 0) is 30.3 Å². The molecule has 2 aromatic carbocycles. The molecule has 2 rings (SSSR count). The normalized spacial score (nSPS) is 11.0. The molecule has 0 aromatic heterocycles. The van der Waals surface area contributed by atoms with Crippen LogP contribution in [0.25, 0.3) is 0 Å². The fourth-order valence-corrected chi connectivity index (χ4v) is 1.76. The highest BCUT2D eigenvalue weighted by atomic mass is 35.5. The van der Waals surface area contributed by atoms with Crippen molar-refractivity contribution in [3.63, 3.8) is 0 Å². The maximum absolute atomic E-state index is 12.9. The fraction of sp³-hybridized carbons (Fsp3) is 0.0714. The first-order valence-electron chi connectivity index (χ1n) is 5.77. The summed E-state index contributed by atoms with van der Waals surface area (Å²) in [5, 5.41) is 1.97. The minimum Gasteiger partial charge on any atom is -0.410 e. The van der Waals surface area contributed by atoms with Gasteiger partial charge in [-0.2, -0.15) is 13.2 Å². The zero-order valence-corrected chi connectivity index (χ0v) is 11.2. The molecule has 0 aliphatic carbocycles. The number of carbonyl (C=O) groups is 1. The van der Waals surface area contributed by atoms with Crippen LogP contribution in [0, 0.1) is 0 Å². The van der Waals surface area contributed by atoms with Gasteiger partial charge >= 0.3 is 12.3 Å². The number of halogens is 4. The lowest BCUT2D eigenvalue weighted by Gasteiger charge is -2.14. The number of hydrogen-bond donors (Lipinski definition) is 1. The number of rotatable bonds is 2. The Morgan fingerprint density at radius 1 is 1.10 bits per heavy atom. The van der Waals surface area contributed by atoms with Gasteiger partial charge in [-0.1, -0.05) is 29.8 Å². The summed E-state index contributed by atoms with van der Waals surface area (Å²) in [5.41, 5.74) is -1.46. The largest absolute Gasteiger partial charge is 0.418 e. The van der Waals surface area contributed by atoms with E-state index in [4.69, 9.17) is 16.3 Å². The molecule has 3 nitrogen and oxygen atoms in total. The van der Waals surface area contributed by atoms with Crippen LogP contribution >= 0.6 is 11.6 Å². The predicted octanol–water partition coefficient (Wildman–Crippen LogP) is 4.97. The highest BCUT2D eigenvalue weighted by Crippen LogP contribution is 2.36. The Morgan fingerprint density at radius 2 is 1.76 bits per heavy atom. The molecule has 0 saturated carbocycles. The van der Waals surface area contributed by atoms with Crippen LogP contribution in [0.3, 0.4) is 0 Å². The second kappa shape index (κ2) is 6.05. The van der Waals surface area contributed by atoms with E-state index < -0.39 is 23.5 Å². The van der Waals surface area contributed by atoms with E-state index in [9.17, 15) is 18.0 Å². The van der Waals surface area contributed by atoms with Crippen molar-refractivity contribution in [1.29, 1.82) is 0 Å². The molecule has 21 heavy (non-hydrogen) atoms. The topological polar surface area (TPSA) is 38.3 Å². The predicted molar refractivity (Wildman–Crippen MR) is 72.5 cm³/mol. The van der Waals surface area contributed by atoms with Gasteiger partial charge in [0.05, 0.1) is 11.3 Å². The average molecular weight is 316 g/mol. The van der Waals surface area contributed by atoms with Gasteiger partial charge in [-0.15, -0.1) is 0 Å². The van der Waals surface area contributed by atoms with Crippen molar-refractivity contribution in [2.45, 2.75) is 6.18 Å². The van der Waals surface area contributed by atoms with Crippen molar-refractivity contribution >= 4 is 23.4 Å². The number of benzene rings is 2. The number of carbonyl (C=O) groups excluding carboxylic acids is 1. The number of anilines is 1. The van der Waals surface area contributed by atoms with E-state index in [1.807, 2.05) is 0 Å². The van der Waals surface area contributed by atoms with Crippen LogP contribution in [-0.2, 0) is 6.18 Å². The van der Waals surface area contributed by atoms with E-state index in [0.29, 0.717) is 0 Å². The first kappa shape index (κ1) is 15.2. The Hall–Kier alpha value is -2.21. The molecular weight excluding hydrogens is 307 g/mol. The zero-order valence-electron chi connectivity index (χ0n) is 10.4. The summed E-state index contributed by atoms with van der Waals surface area (Å²) in [6.07, 6.45) is -5.66. The summed E-state index contributed by atoms with van der Waals surface area (Å²) in [5.74, 6) is 0.220. The molecule has 1 amide bonds. The number of hydrogen-bond acceptors (Lipinski definition) is 2. The van der Waals surface area contributed by atoms with E-state index in [0.717, 1.165) is 12.1 Å². The van der Waals surface area contributed by atoms with Crippen molar-refractivity contribution < 1.29 is 22.7 Å². The highest BCUT2D eigenvalue weighted by Gasteiger charge is 2.34. The molecule has 0 saturated heterocycles. The van der Waals surface area contributed by atoms with Crippen LogP contribution in [0.5, 0.6) is 5.75 Å². The van der Waals surface area contributed by atoms with E-state index in [-0.39, 0.29) is 10.8 Å². The average Bonchev–Trinajstić information content (AvgIpc) is 2.40. The van der Waals surface area contributed by atoms with Crippen molar-refractivity contribution in [2.75, 3.05) is 5.32 Å². The molecule has 2 aromatic rings. The van der Waals surface area contributed by atoms with Crippen molar-refractivity contribution in [2.24, 2.45) is 0 Å². The number of amides is 1. The summed E-state index contributed by atoms with van der Waals surface area (Å²) in [7, 11) is 0. The summed E-state index contributed by atoms with van der Waals surface area (Å²) in [4.78, 5) is 11.6. The van der Waals surface area contributed by atoms with E-state index in [2.05, 4.69) is 5.32 Å². The molecule has 7 heteroatoms. The van der Waals surface area contributed by atoms with Crippen LogP contribution in [0.4, 0.5) is 23.7 Å². The molecule has 0 atom stereocenters. The quantitative estimate of drug-likeness (QED) is 0.849. The highest BCUT2D eigenvalue weighted by molar-refractivity contribution is 6.30. The molecule has 110 valence electrons. The van der Waals surface area contributed by atoms with Crippen LogP contribution in [0.15, 0.2) is 48.5 Å². The fourth-order valence-electron chi connectivity index (χ4n) is 1.59. The monoisotopic (exact) mass is 315 g/mol. The van der Waals surface area contributed by atoms with Gasteiger partial charge < -0.3 is 4.74 Å². The minimum absolute atomic E-state index is 0.0794. The van der Waals surface area contributed by atoms with Gasteiger partial charge in [0.1, 0.15) is 5.75 Å². The van der Waals surface area contributed by atoms with Crippen LogP contribution in [0.2, 0.25) is 5.02 Å². The van der Waals surface area contributed by atoms with Gasteiger partial charge in [0.15, 0.2) is 0 Å². The van der Waals surface area contributed by atoms with E-state index in [1.165, 1.54) is 18.2 Å². The van der Waals surface area contributed by atoms with Crippen molar-refractivity contribution in [1.82, 2.24) is 0 Å². The maximum atomic E-state index is 12.9. The summed E-state index contributed by atoms with van der Waals surface area (Å²) < 4.78 is 43.4. The Labute approximate surface area is 123 Å². The van der Waals surface area contributed by atoms with E-state index in [1.54, 1.807) is 18.2 Å². The third-order valence-corrected chi connectivity index (χ3v) is 2.71. The lowest BCUT2D eigenvalue weighted by Crippen LogP contribution is -2.19. The zero-order chi connectivity index (χ0) is 15.5. The third kappa shape index (κ3) is 4.13. The van der Waals surface area contributed by atoms with Gasteiger partial charge in [0.25, 0.3) is 0 Å². The number of alkyl halides is 3. The van der Waals surface area contributed by atoms with Gasteiger partial charge in [-0.25, -0.2) is 4.79 Å². The summed E-state index contributed by atoms with van der Waals surface area (Å²) in [6.45, 7) is 0. The molecule has 0 spiro atoms. The molecule has 0 unspecified atom stereocenters. The van der Waals surface area contributed by atoms with Crippen LogP contribution < -0.4 is 10.1 Å². The molecule has 0 bridgehead atoms. The molecule has 0 aliphatic rings. The Kier molecular flexibility index (Phi) is 4.37. The van der Waals surface area contributed by atoms with Crippen LogP contribution in [-0.4, -0.2) is 6.09 Å². The lowest BCUT2D eigenvalue weighted by molar-refractivity contribution is -0.136. The minimum atomic E-state index is -4.64. The second-order valence-electron chi connectivity index (χ2n) is 4.02. The van der Waals surface area contributed by atoms with E-state index >= 15 is 0 Å². The standard InChI is InChI=1S/C14H9ClF3NO2/c15-9-6-7-12(11(8-9)14(16,17)18)19-13(20)21-10-4-2-1-3-5-10/h1-8H,(H,19,20). The number of ether oxygens (including phenoxy) is 1. The first-order chi connectivity index (χ1) is 9.86.